The average molecular weight is 249 g/mol. The maximum Gasteiger partial charge on any atom is 0.139 e. The Morgan fingerprint density at radius 1 is 1.47 bits per heavy atom. The summed E-state index contributed by atoms with van der Waals surface area (Å²) in [6.45, 7) is 2.03. The van der Waals surface area contributed by atoms with Gasteiger partial charge in [0.1, 0.15) is 10.8 Å². The molecule has 0 atom stereocenters. The lowest BCUT2D eigenvalue weighted by molar-refractivity contribution is 0.646. The first-order chi connectivity index (χ1) is 8.11. The van der Waals surface area contributed by atoms with Gasteiger partial charge in [-0.1, -0.05) is 25.1 Å². The third-order valence-corrected chi connectivity index (χ3v) is 3.80. The van der Waals surface area contributed by atoms with E-state index in [9.17, 15) is 0 Å². The van der Waals surface area contributed by atoms with Crippen LogP contribution in [0.25, 0.3) is 0 Å². The number of nitrogens with zero attached hydrogens (tertiary/aromatic N) is 2. The van der Waals surface area contributed by atoms with E-state index < -0.39 is 0 Å². The Balaban J connectivity index is 2.36. The van der Waals surface area contributed by atoms with E-state index in [4.69, 9.17) is 18.0 Å². The van der Waals surface area contributed by atoms with Crippen LogP contribution in [-0.4, -0.2) is 23.1 Å². The summed E-state index contributed by atoms with van der Waals surface area (Å²) in [6, 6.07) is 2.54. The molecule has 1 heterocycles. The molecule has 1 fully saturated rings. The molecule has 92 valence electrons. The number of hydrogen-bond acceptors (Lipinski definition) is 3. The zero-order valence-electron chi connectivity index (χ0n) is 10.4. The van der Waals surface area contributed by atoms with Gasteiger partial charge in [0.2, 0.25) is 0 Å². The highest BCUT2D eigenvalue weighted by atomic mass is 32.1. The molecule has 0 spiro atoms. The molecule has 0 radical (unpaired) electrons. The van der Waals surface area contributed by atoms with Crippen molar-refractivity contribution in [2.45, 2.75) is 38.6 Å². The summed E-state index contributed by atoms with van der Waals surface area (Å²) in [5.74, 6) is 0.935. The first-order valence-electron chi connectivity index (χ1n) is 6.09. The Bertz CT molecular complexity index is 425. The van der Waals surface area contributed by atoms with Crippen LogP contribution in [-0.2, 0) is 0 Å². The minimum Gasteiger partial charge on any atom is -0.389 e. The highest BCUT2D eigenvalue weighted by Crippen LogP contribution is 2.28. The van der Waals surface area contributed by atoms with Gasteiger partial charge in [-0.3, -0.25) is 0 Å². The van der Waals surface area contributed by atoms with Gasteiger partial charge in [-0.2, -0.15) is 0 Å². The van der Waals surface area contributed by atoms with Crippen molar-refractivity contribution in [2.24, 2.45) is 5.73 Å². The fraction of sp³-hybridized carbons (Fsp3) is 0.538. The SMILES string of the molecule is Cc1ccnc(N(C)C2CCCC2)c1C(N)=S. The number of hydrogen-bond donors (Lipinski definition) is 1. The second-order valence-corrected chi connectivity index (χ2v) is 5.18. The van der Waals surface area contributed by atoms with E-state index in [-0.39, 0.29) is 0 Å². The molecule has 1 aliphatic carbocycles. The van der Waals surface area contributed by atoms with Crippen LogP contribution in [0.1, 0.15) is 36.8 Å². The van der Waals surface area contributed by atoms with Crippen molar-refractivity contribution in [3.05, 3.63) is 23.4 Å². The summed E-state index contributed by atoms with van der Waals surface area (Å²) in [7, 11) is 2.10. The van der Waals surface area contributed by atoms with Crippen LogP contribution < -0.4 is 10.6 Å². The van der Waals surface area contributed by atoms with Crippen molar-refractivity contribution in [1.82, 2.24) is 4.98 Å². The highest BCUT2D eigenvalue weighted by Gasteiger charge is 2.23. The van der Waals surface area contributed by atoms with Crippen LogP contribution in [0.3, 0.4) is 0 Å². The van der Waals surface area contributed by atoms with Crippen molar-refractivity contribution in [2.75, 3.05) is 11.9 Å². The van der Waals surface area contributed by atoms with Gasteiger partial charge in [0.05, 0.1) is 5.56 Å². The molecule has 0 bridgehead atoms. The molecular formula is C13H19N3S. The summed E-state index contributed by atoms with van der Waals surface area (Å²) < 4.78 is 0. The molecule has 3 nitrogen and oxygen atoms in total. The van der Waals surface area contributed by atoms with Crippen LogP contribution in [0.4, 0.5) is 5.82 Å². The number of nitrogens with two attached hydrogens (primary N) is 1. The standard InChI is InChI=1S/C13H19N3S/c1-9-7-8-15-13(11(9)12(14)17)16(2)10-5-3-4-6-10/h7-8,10H,3-6H2,1-2H3,(H2,14,17). The monoisotopic (exact) mass is 249 g/mol. The summed E-state index contributed by atoms with van der Waals surface area (Å²) in [6.07, 6.45) is 6.93. The van der Waals surface area contributed by atoms with Gasteiger partial charge < -0.3 is 10.6 Å². The normalized spacial score (nSPS) is 16.1. The molecule has 1 saturated carbocycles. The van der Waals surface area contributed by atoms with Crippen molar-refractivity contribution in [1.29, 1.82) is 0 Å². The van der Waals surface area contributed by atoms with Gasteiger partial charge in [-0.05, 0) is 31.4 Å². The summed E-state index contributed by atoms with van der Waals surface area (Å²) in [5.41, 5.74) is 7.85. The Kier molecular flexibility index (Phi) is 3.62. The number of pyridine rings is 1. The third-order valence-electron chi connectivity index (χ3n) is 3.59. The molecular weight excluding hydrogens is 230 g/mol. The summed E-state index contributed by atoms with van der Waals surface area (Å²) in [5, 5.41) is 0. The van der Waals surface area contributed by atoms with Gasteiger partial charge >= 0.3 is 0 Å². The molecule has 0 aliphatic heterocycles. The second-order valence-electron chi connectivity index (χ2n) is 4.74. The molecule has 1 aliphatic rings. The molecule has 0 aromatic carbocycles. The third kappa shape index (κ3) is 2.41. The minimum absolute atomic E-state index is 0.440. The van der Waals surface area contributed by atoms with Crippen molar-refractivity contribution in [3.63, 3.8) is 0 Å². The van der Waals surface area contributed by atoms with Crippen LogP contribution in [0.15, 0.2) is 12.3 Å². The molecule has 2 rings (SSSR count). The quantitative estimate of drug-likeness (QED) is 0.835. The largest absolute Gasteiger partial charge is 0.389 e. The van der Waals surface area contributed by atoms with E-state index in [1.54, 1.807) is 0 Å². The topological polar surface area (TPSA) is 42.2 Å². The molecule has 1 aromatic rings. The lowest BCUT2D eigenvalue weighted by atomic mass is 10.1. The molecule has 0 amide bonds. The number of aromatic nitrogens is 1. The number of thiocarbonyl (C=S) groups is 1. The van der Waals surface area contributed by atoms with Crippen LogP contribution in [0.2, 0.25) is 0 Å². The number of anilines is 1. The second kappa shape index (κ2) is 5.00. The maximum atomic E-state index is 5.82. The zero-order chi connectivity index (χ0) is 12.4. The number of rotatable bonds is 3. The van der Waals surface area contributed by atoms with Crippen LogP contribution in [0, 0.1) is 6.92 Å². The predicted octanol–water partition coefficient (Wildman–Crippen LogP) is 2.40. The lowest BCUT2D eigenvalue weighted by Crippen LogP contribution is -2.32. The molecule has 1 aromatic heterocycles. The van der Waals surface area contributed by atoms with E-state index in [1.165, 1.54) is 25.7 Å². The smallest absolute Gasteiger partial charge is 0.139 e. The van der Waals surface area contributed by atoms with Gasteiger partial charge in [-0.15, -0.1) is 0 Å². The molecule has 0 unspecified atom stereocenters. The summed E-state index contributed by atoms with van der Waals surface area (Å²) in [4.78, 5) is 7.15. The fourth-order valence-electron chi connectivity index (χ4n) is 2.58. The molecule has 0 saturated heterocycles. The maximum absolute atomic E-state index is 5.82. The van der Waals surface area contributed by atoms with Gasteiger partial charge in [0.15, 0.2) is 0 Å². The molecule has 4 heteroatoms. The Morgan fingerprint density at radius 2 is 2.12 bits per heavy atom. The number of aryl methyl sites for hydroxylation is 1. The average Bonchev–Trinajstić information content (AvgIpc) is 2.80. The fourth-order valence-corrected chi connectivity index (χ4v) is 2.83. The van der Waals surface area contributed by atoms with E-state index in [0.717, 1.165) is 16.9 Å². The van der Waals surface area contributed by atoms with Gasteiger partial charge in [-0.25, -0.2) is 4.98 Å². The Hall–Kier alpha value is -1.16. The zero-order valence-corrected chi connectivity index (χ0v) is 11.3. The summed E-state index contributed by atoms with van der Waals surface area (Å²) >= 11 is 5.14. The van der Waals surface area contributed by atoms with E-state index >= 15 is 0 Å². The first kappa shape index (κ1) is 12.3. The van der Waals surface area contributed by atoms with E-state index in [2.05, 4.69) is 16.9 Å². The molecule has 2 N–H and O–H groups in total. The van der Waals surface area contributed by atoms with E-state index in [1.807, 2.05) is 19.2 Å². The van der Waals surface area contributed by atoms with Crippen molar-refractivity contribution in [3.8, 4) is 0 Å². The first-order valence-corrected chi connectivity index (χ1v) is 6.50. The van der Waals surface area contributed by atoms with Crippen LogP contribution in [0.5, 0.6) is 0 Å². The Labute approximate surface area is 108 Å². The van der Waals surface area contributed by atoms with E-state index in [0.29, 0.717) is 11.0 Å². The van der Waals surface area contributed by atoms with Gasteiger partial charge in [0.25, 0.3) is 0 Å². The minimum atomic E-state index is 0.440. The highest BCUT2D eigenvalue weighted by molar-refractivity contribution is 7.80. The van der Waals surface area contributed by atoms with Gasteiger partial charge in [0, 0.05) is 19.3 Å². The Morgan fingerprint density at radius 3 is 2.71 bits per heavy atom. The van der Waals surface area contributed by atoms with Crippen molar-refractivity contribution >= 4 is 23.0 Å². The van der Waals surface area contributed by atoms with Crippen LogP contribution >= 0.6 is 12.2 Å². The predicted molar refractivity (Wildman–Crippen MR) is 75.5 cm³/mol. The lowest BCUT2D eigenvalue weighted by Gasteiger charge is -2.27. The molecule has 17 heavy (non-hydrogen) atoms. The van der Waals surface area contributed by atoms with Crippen molar-refractivity contribution < 1.29 is 0 Å².